The van der Waals surface area contributed by atoms with Gasteiger partial charge in [0.1, 0.15) is 11.6 Å². The molecule has 2 aromatic carbocycles. The Morgan fingerprint density at radius 3 is 2.50 bits per heavy atom. The van der Waals surface area contributed by atoms with Crippen molar-refractivity contribution in [3.63, 3.8) is 0 Å². The van der Waals surface area contributed by atoms with Crippen LogP contribution >= 0.6 is 12.4 Å². The maximum atomic E-state index is 13.9. The van der Waals surface area contributed by atoms with Gasteiger partial charge in [-0.05, 0) is 44.0 Å². The van der Waals surface area contributed by atoms with Crippen molar-refractivity contribution in [2.75, 3.05) is 13.7 Å². The molecular weight excluding hydrogens is 560 g/mol. The normalized spacial score (nSPS) is 11.5. The lowest BCUT2D eigenvalue weighted by Gasteiger charge is -2.13. The smallest absolute Gasteiger partial charge is 0.387 e. The lowest BCUT2D eigenvalue weighted by atomic mass is 10.2. The molecule has 0 aliphatic rings. The summed E-state index contributed by atoms with van der Waals surface area (Å²) in [6.07, 6.45) is 1.27. The van der Waals surface area contributed by atoms with Crippen LogP contribution in [-0.4, -0.2) is 37.1 Å². The lowest BCUT2D eigenvalue weighted by molar-refractivity contribution is -0.120. The van der Waals surface area contributed by atoms with E-state index < -0.39 is 30.2 Å². The zero-order chi connectivity index (χ0) is 28.5. The molecule has 3 rings (SSSR count). The number of hydrogen-bond donors (Lipinski definition) is 3. The van der Waals surface area contributed by atoms with E-state index in [9.17, 15) is 27.2 Å². The molecule has 1 aromatic heterocycles. The van der Waals surface area contributed by atoms with Crippen molar-refractivity contribution in [1.29, 1.82) is 0 Å². The fourth-order valence-corrected chi connectivity index (χ4v) is 3.49. The van der Waals surface area contributed by atoms with Crippen molar-refractivity contribution in [3.05, 3.63) is 65.1 Å². The second-order valence-electron chi connectivity index (χ2n) is 8.46. The number of aromatic nitrogens is 1. The predicted octanol–water partition coefficient (Wildman–Crippen LogP) is 4.89. The Bertz CT molecular complexity index is 1310. The number of amides is 2. The zero-order valence-corrected chi connectivity index (χ0v) is 22.5. The molecule has 218 valence electrons. The molecule has 0 saturated carbocycles. The molecule has 1 heterocycles. The van der Waals surface area contributed by atoms with Crippen LogP contribution in [0.15, 0.2) is 40.8 Å². The van der Waals surface area contributed by atoms with Crippen LogP contribution in [-0.2, 0) is 11.3 Å². The van der Waals surface area contributed by atoms with Gasteiger partial charge in [0.25, 0.3) is 5.91 Å². The lowest BCUT2D eigenvalue weighted by Crippen LogP contribution is -2.25. The minimum absolute atomic E-state index is 0. The number of nitrogens with two attached hydrogens (primary N) is 1. The molecular formula is C26H29ClF4N4O5. The second kappa shape index (κ2) is 15.1. The van der Waals surface area contributed by atoms with E-state index in [1.807, 2.05) is 0 Å². The first-order chi connectivity index (χ1) is 18.6. The highest BCUT2D eigenvalue weighted by molar-refractivity contribution is 5.94. The van der Waals surface area contributed by atoms with Gasteiger partial charge >= 0.3 is 6.61 Å². The molecule has 14 heteroatoms. The molecule has 0 aliphatic heterocycles. The Morgan fingerprint density at radius 2 is 1.85 bits per heavy atom. The number of carbonyl (C=O) groups excluding carboxylic acids is 2. The summed E-state index contributed by atoms with van der Waals surface area (Å²) in [4.78, 5) is 28.4. The van der Waals surface area contributed by atoms with Gasteiger partial charge in [0.15, 0.2) is 23.0 Å². The zero-order valence-electron chi connectivity index (χ0n) is 21.6. The summed E-state index contributed by atoms with van der Waals surface area (Å²) in [5.74, 6) is -2.68. The number of hydrogen-bond acceptors (Lipinski definition) is 7. The molecule has 4 N–H and O–H groups in total. The summed E-state index contributed by atoms with van der Waals surface area (Å²) in [6.45, 7) is -1.67. The molecule has 0 saturated heterocycles. The van der Waals surface area contributed by atoms with Crippen molar-refractivity contribution >= 4 is 24.2 Å². The summed E-state index contributed by atoms with van der Waals surface area (Å²) in [6, 6.07) is 6.21. The predicted molar refractivity (Wildman–Crippen MR) is 139 cm³/mol. The average Bonchev–Trinajstić information content (AvgIpc) is 3.34. The highest BCUT2D eigenvalue weighted by Crippen LogP contribution is 2.35. The molecule has 0 bridgehead atoms. The molecule has 0 radical (unpaired) electrons. The maximum Gasteiger partial charge on any atom is 0.387 e. The van der Waals surface area contributed by atoms with Crippen LogP contribution in [0.5, 0.6) is 11.5 Å². The number of halogens is 5. The van der Waals surface area contributed by atoms with Gasteiger partial charge in [-0.3, -0.25) is 9.59 Å². The van der Waals surface area contributed by atoms with Crippen molar-refractivity contribution in [2.45, 2.75) is 45.4 Å². The van der Waals surface area contributed by atoms with Gasteiger partial charge in [-0.15, -0.1) is 12.4 Å². The van der Waals surface area contributed by atoms with Crippen LogP contribution in [0.4, 0.5) is 17.6 Å². The number of benzene rings is 2. The highest BCUT2D eigenvalue weighted by Gasteiger charge is 2.24. The minimum Gasteiger partial charge on any atom is -0.490 e. The number of unbranched alkanes of at least 4 members (excludes halogenated alkanes) is 1. The monoisotopic (exact) mass is 588 g/mol. The number of carbonyl (C=O) groups is 2. The maximum absolute atomic E-state index is 13.9. The Labute approximate surface area is 233 Å². The van der Waals surface area contributed by atoms with Crippen LogP contribution in [0, 0.1) is 11.6 Å². The molecule has 0 aliphatic carbocycles. The first-order valence-electron chi connectivity index (χ1n) is 12.0. The first-order valence-corrected chi connectivity index (χ1v) is 12.0. The van der Waals surface area contributed by atoms with Crippen molar-refractivity contribution in [3.8, 4) is 23.0 Å². The van der Waals surface area contributed by atoms with Crippen LogP contribution in [0.25, 0.3) is 11.5 Å². The second-order valence-corrected chi connectivity index (χ2v) is 8.46. The standard InChI is InChI=1S/C26H28F4N4O5.ClH/c1-14(31)23-22(24(36)33-13-16-6-8-17(27)12-18(16)28)34-25(39-23)15-7-9-19(38-26(29)30)20(11-15)37-10-4-3-5-21(35)32-2;/h6-9,11-12,14,26H,3-5,10,13,31H2,1-2H3,(H,32,35)(H,33,36);1H. The topological polar surface area (TPSA) is 129 Å². The van der Waals surface area contributed by atoms with Crippen molar-refractivity contribution in [2.24, 2.45) is 5.73 Å². The van der Waals surface area contributed by atoms with E-state index in [-0.39, 0.29) is 77.9 Å². The van der Waals surface area contributed by atoms with Gasteiger partial charge in [-0.1, -0.05) is 6.07 Å². The molecule has 40 heavy (non-hydrogen) atoms. The Morgan fingerprint density at radius 1 is 1.10 bits per heavy atom. The number of rotatable bonds is 13. The third kappa shape index (κ3) is 8.85. The highest BCUT2D eigenvalue weighted by atomic mass is 35.5. The summed E-state index contributed by atoms with van der Waals surface area (Å²) < 4.78 is 68.8. The van der Waals surface area contributed by atoms with E-state index in [4.69, 9.17) is 14.9 Å². The third-order valence-electron chi connectivity index (χ3n) is 5.48. The molecule has 0 spiro atoms. The van der Waals surface area contributed by atoms with Crippen molar-refractivity contribution < 1.29 is 41.0 Å². The number of ether oxygens (including phenoxy) is 2. The van der Waals surface area contributed by atoms with E-state index in [1.54, 1.807) is 6.92 Å². The van der Waals surface area contributed by atoms with Crippen LogP contribution in [0.3, 0.4) is 0 Å². The number of nitrogens with one attached hydrogen (secondary N) is 2. The Balaban J connectivity index is 0.00000560. The summed E-state index contributed by atoms with van der Waals surface area (Å²) in [5, 5.41) is 5.00. The quantitative estimate of drug-likeness (QED) is 0.192. The van der Waals surface area contributed by atoms with Crippen LogP contribution < -0.4 is 25.8 Å². The van der Waals surface area contributed by atoms with Crippen molar-refractivity contribution in [1.82, 2.24) is 15.6 Å². The fourth-order valence-electron chi connectivity index (χ4n) is 3.49. The van der Waals surface area contributed by atoms with Gasteiger partial charge in [0, 0.05) is 37.2 Å². The summed E-state index contributed by atoms with van der Waals surface area (Å²) in [5.41, 5.74) is 6.13. The van der Waals surface area contributed by atoms with E-state index >= 15 is 0 Å². The molecule has 1 atom stereocenters. The number of nitrogens with zero attached hydrogens (tertiary/aromatic N) is 1. The largest absolute Gasteiger partial charge is 0.490 e. The van der Waals surface area contributed by atoms with E-state index in [0.717, 1.165) is 6.07 Å². The molecule has 1 unspecified atom stereocenters. The molecule has 2 amide bonds. The summed E-state index contributed by atoms with van der Waals surface area (Å²) in [7, 11) is 1.53. The average molecular weight is 589 g/mol. The molecule has 3 aromatic rings. The SMILES string of the molecule is CNC(=O)CCCCOc1cc(-c2nc(C(=O)NCc3ccc(F)cc3F)c(C(C)N)o2)ccc1OC(F)F.Cl. The van der Waals surface area contributed by atoms with E-state index in [2.05, 4.69) is 20.4 Å². The Hall–Kier alpha value is -3.84. The fraction of sp³-hybridized carbons (Fsp3) is 0.346. The van der Waals surface area contributed by atoms with E-state index in [1.165, 1.54) is 31.3 Å². The Kier molecular flexibility index (Phi) is 12.2. The third-order valence-corrected chi connectivity index (χ3v) is 5.48. The van der Waals surface area contributed by atoms with Gasteiger partial charge < -0.3 is 30.3 Å². The molecule has 0 fully saturated rings. The van der Waals surface area contributed by atoms with Crippen LogP contribution in [0.2, 0.25) is 0 Å². The first kappa shape index (κ1) is 32.4. The number of alkyl halides is 2. The van der Waals surface area contributed by atoms with Gasteiger partial charge in [-0.2, -0.15) is 8.78 Å². The van der Waals surface area contributed by atoms with Gasteiger partial charge in [0.05, 0.1) is 12.6 Å². The van der Waals surface area contributed by atoms with Crippen LogP contribution in [0.1, 0.15) is 54.0 Å². The molecule has 9 nitrogen and oxygen atoms in total. The van der Waals surface area contributed by atoms with E-state index in [0.29, 0.717) is 18.9 Å². The minimum atomic E-state index is -3.10. The summed E-state index contributed by atoms with van der Waals surface area (Å²) >= 11 is 0. The van der Waals surface area contributed by atoms with Gasteiger partial charge in [0.2, 0.25) is 11.8 Å². The number of oxazole rings is 1. The van der Waals surface area contributed by atoms with Gasteiger partial charge in [-0.25, -0.2) is 13.8 Å².